The molecule has 6 heteroatoms. The van der Waals surface area contributed by atoms with Crippen LogP contribution in [0.1, 0.15) is 30.6 Å². The standard InChI is InChI=1S/C11H14BrNO4/c1-3-7(2)13(6-9(14)15)11(16)8-4-5-17-10(8)12/h4-5,7H,3,6H2,1-2H3,(H,14,15). The molecule has 1 unspecified atom stereocenters. The largest absolute Gasteiger partial charge is 0.480 e. The second kappa shape index (κ2) is 5.86. The third-order valence-electron chi connectivity index (χ3n) is 2.54. The van der Waals surface area contributed by atoms with E-state index in [4.69, 9.17) is 9.52 Å². The lowest BCUT2D eigenvalue weighted by atomic mass is 10.2. The van der Waals surface area contributed by atoms with Gasteiger partial charge in [-0.15, -0.1) is 0 Å². The number of carbonyl (C=O) groups is 2. The lowest BCUT2D eigenvalue weighted by Gasteiger charge is -2.26. The first-order valence-corrected chi connectivity index (χ1v) is 6.02. The molecule has 0 aliphatic rings. The monoisotopic (exact) mass is 303 g/mol. The number of rotatable bonds is 5. The van der Waals surface area contributed by atoms with E-state index in [0.29, 0.717) is 16.7 Å². The van der Waals surface area contributed by atoms with Crippen LogP contribution < -0.4 is 0 Å². The van der Waals surface area contributed by atoms with Gasteiger partial charge in [-0.1, -0.05) is 6.92 Å². The molecule has 0 saturated carbocycles. The van der Waals surface area contributed by atoms with Gasteiger partial charge in [0, 0.05) is 6.04 Å². The first kappa shape index (κ1) is 13.8. The second-order valence-electron chi connectivity index (χ2n) is 3.69. The SMILES string of the molecule is CCC(C)N(CC(=O)O)C(=O)c1ccoc1Br. The highest BCUT2D eigenvalue weighted by atomic mass is 79.9. The molecule has 0 saturated heterocycles. The molecule has 94 valence electrons. The summed E-state index contributed by atoms with van der Waals surface area (Å²) in [5, 5.41) is 8.81. The van der Waals surface area contributed by atoms with Crippen molar-refractivity contribution in [3.05, 3.63) is 22.6 Å². The number of hydrogen-bond donors (Lipinski definition) is 1. The molecule has 0 bridgehead atoms. The number of amides is 1. The van der Waals surface area contributed by atoms with Crippen molar-refractivity contribution in [2.75, 3.05) is 6.54 Å². The Labute approximate surface area is 108 Å². The van der Waals surface area contributed by atoms with E-state index in [-0.39, 0.29) is 18.5 Å². The van der Waals surface area contributed by atoms with Crippen LogP contribution in [0.15, 0.2) is 21.4 Å². The summed E-state index contributed by atoms with van der Waals surface area (Å²) >= 11 is 3.11. The van der Waals surface area contributed by atoms with Crippen LogP contribution in [0.3, 0.4) is 0 Å². The lowest BCUT2D eigenvalue weighted by Crippen LogP contribution is -2.41. The van der Waals surface area contributed by atoms with Gasteiger partial charge in [0.05, 0.1) is 11.8 Å². The highest BCUT2D eigenvalue weighted by molar-refractivity contribution is 9.10. The molecule has 0 radical (unpaired) electrons. The quantitative estimate of drug-likeness (QED) is 0.906. The summed E-state index contributed by atoms with van der Waals surface area (Å²) in [6, 6.07) is 1.38. The molecule has 0 aliphatic carbocycles. The van der Waals surface area contributed by atoms with Crippen molar-refractivity contribution in [2.45, 2.75) is 26.3 Å². The van der Waals surface area contributed by atoms with E-state index < -0.39 is 5.97 Å². The summed E-state index contributed by atoms with van der Waals surface area (Å²) < 4.78 is 5.30. The number of furan rings is 1. The van der Waals surface area contributed by atoms with Gasteiger partial charge in [-0.25, -0.2) is 0 Å². The third-order valence-corrected chi connectivity index (χ3v) is 3.15. The van der Waals surface area contributed by atoms with Crippen molar-refractivity contribution in [2.24, 2.45) is 0 Å². The highest BCUT2D eigenvalue weighted by Crippen LogP contribution is 2.20. The van der Waals surface area contributed by atoms with Crippen molar-refractivity contribution in [1.82, 2.24) is 4.90 Å². The van der Waals surface area contributed by atoms with E-state index in [9.17, 15) is 9.59 Å². The lowest BCUT2D eigenvalue weighted by molar-refractivity contribution is -0.138. The summed E-state index contributed by atoms with van der Waals surface area (Å²) in [6.45, 7) is 3.40. The van der Waals surface area contributed by atoms with Gasteiger partial charge in [-0.3, -0.25) is 9.59 Å². The van der Waals surface area contributed by atoms with E-state index in [1.807, 2.05) is 13.8 Å². The molecule has 1 aromatic rings. The van der Waals surface area contributed by atoms with Gasteiger partial charge >= 0.3 is 5.97 Å². The van der Waals surface area contributed by atoms with Gasteiger partial charge in [0.1, 0.15) is 6.54 Å². The van der Waals surface area contributed by atoms with Gasteiger partial charge in [0.25, 0.3) is 5.91 Å². The van der Waals surface area contributed by atoms with Gasteiger partial charge in [-0.2, -0.15) is 0 Å². The third kappa shape index (κ3) is 3.33. The summed E-state index contributed by atoms with van der Waals surface area (Å²) in [5.41, 5.74) is 0.339. The van der Waals surface area contributed by atoms with Crippen LogP contribution in [0.2, 0.25) is 0 Å². The fourth-order valence-corrected chi connectivity index (χ4v) is 1.80. The molecule has 1 atom stereocenters. The Morgan fingerprint density at radius 1 is 1.59 bits per heavy atom. The second-order valence-corrected chi connectivity index (χ2v) is 4.41. The Bertz CT molecular complexity index is 415. The Kier molecular flexibility index (Phi) is 4.74. The summed E-state index contributed by atoms with van der Waals surface area (Å²) in [7, 11) is 0. The van der Waals surface area contributed by atoms with E-state index in [0.717, 1.165) is 0 Å². The molecule has 0 aromatic carbocycles. The van der Waals surface area contributed by atoms with Gasteiger partial charge < -0.3 is 14.4 Å². The Hall–Kier alpha value is -1.30. The predicted molar refractivity (Wildman–Crippen MR) is 64.8 cm³/mol. The minimum atomic E-state index is -1.03. The smallest absolute Gasteiger partial charge is 0.323 e. The van der Waals surface area contributed by atoms with Crippen molar-refractivity contribution in [1.29, 1.82) is 0 Å². The van der Waals surface area contributed by atoms with Gasteiger partial charge in [-0.05, 0) is 35.3 Å². The van der Waals surface area contributed by atoms with Crippen LogP contribution >= 0.6 is 15.9 Å². The molecule has 1 N–H and O–H groups in total. The number of carboxylic acid groups (broad SMARTS) is 1. The Balaban J connectivity index is 2.94. The number of hydrogen-bond acceptors (Lipinski definition) is 3. The fourth-order valence-electron chi connectivity index (χ4n) is 1.39. The summed E-state index contributed by atoms with van der Waals surface area (Å²) in [4.78, 5) is 24.2. The first-order chi connectivity index (χ1) is 7.97. The Morgan fingerprint density at radius 3 is 2.65 bits per heavy atom. The first-order valence-electron chi connectivity index (χ1n) is 5.23. The Morgan fingerprint density at radius 2 is 2.24 bits per heavy atom. The van der Waals surface area contributed by atoms with Crippen LogP contribution in [0.4, 0.5) is 0 Å². The van der Waals surface area contributed by atoms with Gasteiger partial charge in [0.15, 0.2) is 4.67 Å². The van der Waals surface area contributed by atoms with E-state index in [1.54, 1.807) is 0 Å². The van der Waals surface area contributed by atoms with Crippen molar-refractivity contribution >= 4 is 27.8 Å². The number of carbonyl (C=O) groups excluding carboxylic acids is 1. The number of carboxylic acids is 1. The van der Waals surface area contributed by atoms with Gasteiger partial charge in [0.2, 0.25) is 0 Å². The molecule has 17 heavy (non-hydrogen) atoms. The van der Waals surface area contributed by atoms with Crippen molar-refractivity contribution in [3.63, 3.8) is 0 Å². The summed E-state index contributed by atoms with van der Waals surface area (Å²) in [5.74, 6) is -1.37. The maximum Gasteiger partial charge on any atom is 0.323 e. The van der Waals surface area contributed by atoms with Crippen LogP contribution in [0, 0.1) is 0 Å². The van der Waals surface area contributed by atoms with Crippen LogP contribution in [0.5, 0.6) is 0 Å². The van der Waals surface area contributed by atoms with E-state index in [1.165, 1.54) is 17.2 Å². The molecule has 1 rings (SSSR count). The van der Waals surface area contributed by atoms with E-state index in [2.05, 4.69) is 15.9 Å². The molecule has 1 heterocycles. The topological polar surface area (TPSA) is 70.8 Å². The molecule has 1 amide bonds. The zero-order chi connectivity index (χ0) is 13.0. The molecule has 0 aliphatic heterocycles. The van der Waals surface area contributed by atoms with Crippen LogP contribution in [-0.2, 0) is 4.79 Å². The normalized spacial score (nSPS) is 12.2. The minimum absolute atomic E-state index is 0.139. The molecule has 0 spiro atoms. The van der Waals surface area contributed by atoms with Crippen LogP contribution in [-0.4, -0.2) is 34.5 Å². The molecular formula is C11H14BrNO4. The maximum absolute atomic E-state index is 12.1. The zero-order valence-electron chi connectivity index (χ0n) is 9.64. The summed E-state index contributed by atoms with van der Waals surface area (Å²) in [6.07, 6.45) is 2.07. The number of halogens is 1. The predicted octanol–water partition coefficient (Wildman–Crippen LogP) is 2.37. The minimum Gasteiger partial charge on any atom is -0.480 e. The molecule has 0 fully saturated rings. The molecule has 5 nitrogen and oxygen atoms in total. The zero-order valence-corrected chi connectivity index (χ0v) is 11.2. The average Bonchev–Trinajstić information content (AvgIpc) is 2.70. The highest BCUT2D eigenvalue weighted by Gasteiger charge is 2.25. The number of aliphatic carboxylic acids is 1. The fraction of sp³-hybridized carbons (Fsp3) is 0.455. The molecular weight excluding hydrogens is 290 g/mol. The van der Waals surface area contributed by atoms with Crippen LogP contribution in [0.25, 0.3) is 0 Å². The van der Waals surface area contributed by atoms with E-state index >= 15 is 0 Å². The van der Waals surface area contributed by atoms with Crippen molar-refractivity contribution in [3.8, 4) is 0 Å². The number of nitrogens with zero attached hydrogens (tertiary/aromatic N) is 1. The maximum atomic E-state index is 12.1. The van der Waals surface area contributed by atoms with Crippen molar-refractivity contribution < 1.29 is 19.1 Å². The average molecular weight is 304 g/mol. The molecule has 1 aromatic heterocycles.